The van der Waals surface area contributed by atoms with Gasteiger partial charge in [0.2, 0.25) is 15.9 Å². The van der Waals surface area contributed by atoms with Gasteiger partial charge >= 0.3 is 0 Å². The summed E-state index contributed by atoms with van der Waals surface area (Å²) in [5.41, 5.74) is 0. The summed E-state index contributed by atoms with van der Waals surface area (Å²) < 4.78 is 58.7. The van der Waals surface area contributed by atoms with Gasteiger partial charge in [-0.25, -0.2) is 17.2 Å². The molecule has 1 unspecified atom stereocenters. The monoisotopic (exact) mass is 360 g/mol. The molecule has 24 heavy (non-hydrogen) atoms. The molecular weight excluding hydrogens is 342 g/mol. The Morgan fingerprint density at radius 2 is 1.75 bits per heavy atom. The second kappa shape index (κ2) is 6.73. The van der Waals surface area contributed by atoms with Crippen LogP contribution in [0.25, 0.3) is 0 Å². The van der Waals surface area contributed by atoms with Gasteiger partial charge in [0.25, 0.3) is 0 Å². The molecule has 2 aliphatic rings. The number of benzene rings is 1. The molecule has 1 aromatic carbocycles. The maximum Gasteiger partial charge on any atom is 0.249 e. The average Bonchev–Trinajstić information content (AvgIpc) is 3.08. The number of hydrogen-bond acceptors (Lipinski definition) is 4. The van der Waals surface area contributed by atoms with Crippen molar-refractivity contribution in [1.82, 2.24) is 9.21 Å². The van der Waals surface area contributed by atoms with Crippen LogP contribution in [0.2, 0.25) is 0 Å². The number of piperazine rings is 1. The Kier molecular flexibility index (Phi) is 4.84. The Balaban J connectivity index is 1.71. The predicted molar refractivity (Wildman–Crippen MR) is 80.6 cm³/mol. The van der Waals surface area contributed by atoms with Gasteiger partial charge in [-0.2, -0.15) is 4.31 Å². The number of ether oxygens (including phenoxy) is 1. The van der Waals surface area contributed by atoms with Gasteiger partial charge < -0.3 is 9.64 Å². The summed E-state index contributed by atoms with van der Waals surface area (Å²) in [6.45, 7) is 1.36. The Morgan fingerprint density at radius 1 is 1.12 bits per heavy atom. The SMILES string of the molecule is O=C(C1CCOC1)N1CCN(S(=O)(=O)c2c(F)cccc2F)CC1. The van der Waals surface area contributed by atoms with Gasteiger partial charge in [-0.3, -0.25) is 4.79 Å². The van der Waals surface area contributed by atoms with Crippen LogP contribution in [-0.4, -0.2) is 62.9 Å². The quantitative estimate of drug-likeness (QED) is 0.801. The van der Waals surface area contributed by atoms with Gasteiger partial charge in [-0.1, -0.05) is 6.07 Å². The number of amides is 1. The van der Waals surface area contributed by atoms with E-state index in [4.69, 9.17) is 4.74 Å². The number of sulfonamides is 1. The van der Waals surface area contributed by atoms with Crippen LogP contribution in [0.5, 0.6) is 0 Å². The zero-order valence-electron chi connectivity index (χ0n) is 13.0. The van der Waals surface area contributed by atoms with Crippen LogP contribution >= 0.6 is 0 Å². The zero-order valence-corrected chi connectivity index (χ0v) is 13.8. The van der Waals surface area contributed by atoms with Crippen LogP contribution in [-0.2, 0) is 19.6 Å². The highest BCUT2D eigenvalue weighted by atomic mass is 32.2. The predicted octanol–water partition coefficient (Wildman–Crippen LogP) is 0.834. The molecule has 9 heteroatoms. The lowest BCUT2D eigenvalue weighted by atomic mass is 10.1. The maximum atomic E-state index is 13.8. The molecule has 0 bridgehead atoms. The first-order valence-corrected chi connectivity index (χ1v) is 9.16. The molecule has 0 spiro atoms. The van der Waals surface area contributed by atoms with E-state index in [0.29, 0.717) is 19.6 Å². The van der Waals surface area contributed by atoms with E-state index in [1.54, 1.807) is 4.90 Å². The first-order chi connectivity index (χ1) is 11.4. The number of nitrogens with zero attached hydrogens (tertiary/aromatic N) is 2. The molecule has 132 valence electrons. The molecule has 1 aromatic rings. The van der Waals surface area contributed by atoms with Gasteiger partial charge in [0, 0.05) is 32.8 Å². The van der Waals surface area contributed by atoms with Gasteiger partial charge in [0.05, 0.1) is 12.5 Å². The molecule has 2 saturated heterocycles. The summed E-state index contributed by atoms with van der Waals surface area (Å²) in [4.78, 5) is 12.9. The molecule has 2 fully saturated rings. The number of carbonyl (C=O) groups is 1. The van der Waals surface area contributed by atoms with Crippen molar-refractivity contribution in [2.24, 2.45) is 5.92 Å². The Morgan fingerprint density at radius 3 is 2.29 bits per heavy atom. The maximum absolute atomic E-state index is 13.8. The fourth-order valence-electron chi connectivity index (χ4n) is 2.99. The summed E-state index contributed by atoms with van der Waals surface area (Å²) in [5, 5.41) is 0. The Bertz CT molecular complexity index is 707. The zero-order chi connectivity index (χ0) is 17.3. The summed E-state index contributed by atoms with van der Waals surface area (Å²) in [5.74, 6) is -2.47. The number of halogens is 2. The fraction of sp³-hybridized carbons (Fsp3) is 0.533. The highest BCUT2D eigenvalue weighted by Gasteiger charge is 2.36. The molecule has 2 heterocycles. The average molecular weight is 360 g/mol. The van der Waals surface area contributed by atoms with Gasteiger partial charge in [-0.05, 0) is 18.6 Å². The molecular formula is C15H18F2N2O4S. The molecule has 0 aromatic heterocycles. The third-order valence-corrected chi connectivity index (χ3v) is 6.30. The normalized spacial score (nSPS) is 22.8. The summed E-state index contributed by atoms with van der Waals surface area (Å²) >= 11 is 0. The third-order valence-electron chi connectivity index (χ3n) is 4.35. The first-order valence-electron chi connectivity index (χ1n) is 7.72. The van der Waals surface area contributed by atoms with E-state index in [1.807, 2.05) is 0 Å². The van der Waals surface area contributed by atoms with Crippen molar-refractivity contribution in [3.05, 3.63) is 29.8 Å². The minimum atomic E-state index is -4.27. The van der Waals surface area contributed by atoms with Crippen molar-refractivity contribution in [2.45, 2.75) is 11.3 Å². The lowest BCUT2D eigenvalue weighted by molar-refractivity contribution is -0.136. The molecule has 0 N–H and O–H groups in total. The minimum Gasteiger partial charge on any atom is -0.381 e. The molecule has 1 atom stereocenters. The number of rotatable bonds is 3. The van der Waals surface area contributed by atoms with E-state index in [1.165, 1.54) is 0 Å². The topological polar surface area (TPSA) is 66.9 Å². The minimum absolute atomic E-state index is 0.00935. The number of hydrogen-bond donors (Lipinski definition) is 0. The van der Waals surface area contributed by atoms with E-state index in [-0.39, 0.29) is 38.0 Å². The van der Waals surface area contributed by atoms with Gasteiger partial charge in [0.1, 0.15) is 11.6 Å². The largest absolute Gasteiger partial charge is 0.381 e. The second-order valence-corrected chi connectivity index (χ2v) is 7.72. The van der Waals surface area contributed by atoms with Crippen LogP contribution in [0.15, 0.2) is 23.1 Å². The van der Waals surface area contributed by atoms with Crippen molar-refractivity contribution in [2.75, 3.05) is 39.4 Å². The van der Waals surface area contributed by atoms with Crippen LogP contribution in [0.3, 0.4) is 0 Å². The van der Waals surface area contributed by atoms with E-state index >= 15 is 0 Å². The second-order valence-electron chi connectivity index (χ2n) is 5.84. The van der Waals surface area contributed by atoms with Crippen LogP contribution in [0.4, 0.5) is 8.78 Å². The first kappa shape index (κ1) is 17.2. The molecule has 3 rings (SSSR count). The molecule has 0 aliphatic carbocycles. The summed E-state index contributed by atoms with van der Waals surface area (Å²) in [6, 6.07) is 2.94. The van der Waals surface area contributed by atoms with Crippen molar-refractivity contribution in [3.8, 4) is 0 Å². The van der Waals surface area contributed by atoms with Crippen molar-refractivity contribution in [1.29, 1.82) is 0 Å². The van der Waals surface area contributed by atoms with Crippen molar-refractivity contribution < 1.29 is 26.7 Å². The van der Waals surface area contributed by atoms with Gasteiger partial charge in [-0.15, -0.1) is 0 Å². The van der Waals surface area contributed by atoms with Crippen LogP contribution in [0, 0.1) is 17.6 Å². The fourth-order valence-corrected chi connectivity index (χ4v) is 4.53. The van der Waals surface area contributed by atoms with Gasteiger partial charge in [0.15, 0.2) is 4.90 Å². The highest BCUT2D eigenvalue weighted by Crippen LogP contribution is 2.24. The highest BCUT2D eigenvalue weighted by molar-refractivity contribution is 7.89. The number of carbonyl (C=O) groups excluding carboxylic acids is 1. The molecule has 6 nitrogen and oxygen atoms in total. The van der Waals surface area contributed by atoms with E-state index in [2.05, 4.69) is 0 Å². The van der Waals surface area contributed by atoms with Crippen LogP contribution < -0.4 is 0 Å². The third kappa shape index (κ3) is 3.15. The molecule has 1 amide bonds. The molecule has 0 radical (unpaired) electrons. The Labute approximate surface area is 139 Å². The standard InChI is InChI=1S/C15H18F2N2O4S/c16-12-2-1-3-13(17)14(12)24(21,22)19-7-5-18(6-8-19)15(20)11-4-9-23-10-11/h1-3,11H,4-10H2. The molecule has 2 aliphatic heterocycles. The van der Waals surface area contributed by atoms with Crippen molar-refractivity contribution >= 4 is 15.9 Å². The Hall–Kier alpha value is -1.58. The lowest BCUT2D eigenvalue weighted by Gasteiger charge is -2.35. The smallest absolute Gasteiger partial charge is 0.249 e. The summed E-state index contributed by atoms with van der Waals surface area (Å²) in [7, 11) is -4.27. The van der Waals surface area contributed by atoms with Crippen LogP contribution in [0.1, 0.15) is 6.42 Å². The summed E-state index contributed by atoms with van der Waals surface area (Å²) in [6.07, 6.45) is 0.664. The van der Waals surface area contributed by atoms with E-state index in [9.17, 15) is 22.0 Å². The van der Waals surface area contributed by atoms with E-state index in [0.717, 1.165) is 22.5 Å². The van der Waals surface area contributed by atoms with E-state index < -0.39 is 26.6 Å². The van der Waals surface area contributed by atoms with Crippen molar-refractivity contribution in [3.63, 3.8) is 0 Å². The lowest BCUT2D eigenvalue weighted by Crippen LogP contribution is -2.52. The molecule has 0 saturated carbocycles.